The Kier molecular flexibility index (Phi) is 3.51. The van der Waals surface area contributed by atoms with E-state index in [0.29, 0.717) is 22.7 Å². The molecule has 3 aromatic rings. The van der Waals surface area contributed by atoms with Crippen LogP contribution in [0.25, 0.3) is 23.3 Å². The minimum Gasteiger partial charge on any atom is -0.437 e. The number of oxazole rings is 1. The summed E-state index contributed by atoms with van der Waals surface area (Å²) >= 11 is 0. The minimum atomic E-state index is -0.109. The fourth-order valence-electron chi connectivity index (χ4n) is 2.03. The Labute approximate surface area is 122 Å². The highest BCUT2D eigenvalue weighted by molar-refractivity contribution is 5.91. The van der Waals surface area contributed by atoms with Crippen molar-refractivity contribution in [3.63, 3.8) is 0 Å². The smallest absolute Gasteiger partial charge is 0.221 e. The summed E-state index contributed by atoms with van der Waals surface area (Å²) in [7, 11) is 0. The Bertz CT molecular complexity index is 804. The normalized spacial score (nSPS) is 11.1. The first-order valence-electron chi connectivity index (χ1n) is 6.62. The maximum Gasteiger partial charge on any atom is 0.221 e. The number of aromatic nitrogens is 1. The molecule has 0 spiro atoms. The quantitative estimate of drug-likeness (QED) is 0.789. The molecule has 104 valence electrons. The lowest BCUT2D eigenvalue weighted by Gasteiger charge is -1.99. The van der Waals surface area contributed by atoms with Gasteiger partial charge < -0.3 is 9.73 Å². The zero-order chi connectivity index (χ0) is 14.7. The molecule has 0 saturated carbocycles. The second kappa shape index (κ2) is 5.63. The van der Waals surface area contributed by atoms with Crippen molar-refractivity contribution in [1.82, 2.24) is 4.98 Å². The molecule has 0 unspecified atom stereocenters. The molecular weight excluding hydrogens is 264 g/mol. The monoisotopic (exact) mass is 278 g/mol. The Morgan fingerprint density at radius 1 is 1.14 bits per heavy atom. The summed E-state index contributed by atoms with van der Waals surface area (Å²) in [4.78, 5) is 15.4. The number of benzene rings is 2. The summed E-state index contributed by atoms with van der Waals surface area (Å²) < 4.78 is 5.64. The standard InChI is InChI=1S/C17H14N2O2/c1-12(20)18-14-8-9-16-15(11-14)19-17(21-16)10-7-13-5-3-2-4-6-13/h2-11H,1H3,(H,18,20)/b10-7+. The molecule has 1 N–H and O–H groups in total. The molecule has 0 bridgehead atoms. The number of rotatable bonds is 3. The predicted octanol–water partition coefficient (Wildman–Crippen LogP) is 3.96. The van der Waals surface area contributed by atoms with Gasteiger partial charge in [0, 0.05) is 18.7 Å². The van der Waals surface area contributed by atoms with Crippen molar-refractivity contribution in [3.05, 3.63) is 60.0 Å². The summed E-state index contributed by atoms with van der Waals surface area (Å²) in [6, 6.07) is 15.3. The Hall–Kier alpha value is -2.88. The molecule has 21 heavy (non-hydrogen) atoms. The van der Waals surface area contributed by atoms with Gasteiger partial charge in [-0.05, 0) is 29.8 Å². The van der Waals surface area contributed by atoms with Gasteiger partial charge in [-0.3, -0.25) is 4.79 Å². The number of carbonyl (C=O) groups excluding carboxylic acids is 1. The van der Waals surface area contributed by atoms with E-state index in [1.54, 1.807) is 18.2 Å². The lowest BCUT2D eigenvalue weighted by Crippen LogP contribution is -2.05. The highest BCUT2D eigenvalue weighted by Crippen LogP contribution is 2.21. The molecule has 0 fully saturated rings. The van der Waals surface area contributed by atoms with E-state index in [2.05, 4.69) is 10.3 Å². The first kappa shape index (κ1) is 13.1. The van der Waals surface area contributed by atoms with Crippen LogP contribution in [0.5, 0.6) is 0 Å². The van der Waals surface area contributed by atoms with E-state index in [1.165, 1.54) is 6.92 Å². The third kappa shape index (κ3) is 3.17. The van der Waals surface area contributed by atoms with Crippen LogP contribution in [0.2, 0.25) is 0 Å². The Morgan fingerprint density at radius 2 is 1.95 bits per heavy atom. The number of nitrogens with zero attached hydrogens (tertiary/aromatic N) is 1. The summed E-state index contributed by atoms with van der Waals surface area (Å²) in [5.41, 5.74) is 3.20. The summed E-state index contributed by atoms with van der Waals surface area (Å²) in [5, 5.41) is 2.73. The van der Waals surface area contributed by atoms with Gasteiger partial charge in [-0.1, -0.05) is 30.3 Å². The van der Waals surface area contributed by atoms with E-state index in [4.69, 9.17) is 4.42 Å². The average molecular weight is 278 g/mol. The molecule has 1 aromatic heterocycles. The van der Waals surface area contributed by atoms with Gasteiger partial charge in [-0.25, -0.2) is 4.98 Å². The highest BCUT2D eigenvalue weighted by atomic mass is 16.3. The van der Waals surface area contributed by atoms with Crippen LogP contribution in [0.4, 0.5) is 5.69 Å². The van der Waals surface area contributed by atoms with Crippen LogP contribution in [0, 0.1) is 0 Å². The maximum atomic E-state index is 11.0. The third-order valence-corrected chi connectivity index (χ3v) is 2.94. The number of carbonyl (C=O) groups is 1. The number of nitrogens with one attached hydrogen (secondary N) is 1. The molecule has 2 aromatic carbocycles. The van der Waals surface area contributed by atoms with Crippen LogP contribution in [0.3, 0.4) is 0 Å². The van der Waals surface area contributed by atoms with E-state index in [1.807, 2.05) is 42.5 Å². The van der Waals surface area contributed by atoms with Crippen molar-refractivity contribution in [2.45, 2.75) is 6.92 Å². The van der Waals surface area contributed by atoms with Gasteiger partial charge >= 0.3 is 0 Å². The number of anilines is 1. The van der Waals surface area contributed by atoms with E-state index < -0.39 is 0 Å². The van der Waals surface area contributed by atoms with Crippen LogP contribution in [-0.2, 0) is 4.79 Å². The summed E-state index contributed by atoms with van der Waals surface area (Å²) in [6.07, 6.45) is 3.77. The Morgan fingerprint density at radius 3 is 2.71 bits per heavy atom. The topological polar surface area (TPSA) is 55.1 Å². The van der Waals surface area contributed by atoms with Crippen molar-refractivity contribution < 1.29 is 9.21 Å². The molecule has 4 heteroatoms. The van der Waals surface area contributed by atoms with Crippen LogP contribution >= 0.6 is 0 Å². The number of fused-ring (bicyclic) bond motifs is 1. The van der Waals surface area contributed by atoms with Crippen LogP contribution < -0.4 is 5.32 Å². The van der Waals surface area contributed by atoms with E-state index in [9.17, 15) is 4.79 Å². The molecule has 0 atom stereocenters. The summed E-state index contributed by atoms with van der Waals surface area (Å²) in [5.74, 6) is 0.427. The average Bonchev–Trinajstić information content (AvgIpc) is 2.88. The first-order valence-corrected chi connectivity index (χ1v) is 6.62. The highest BCUT2D eigenvalue weighted by Gasteiger charge is 2.05. The number of amides is 1. The van der Waals surface area contributed by atoms with Crippen molar-refractivity contribution >= 4 is 34.8 Å². The van der Waals surface area contributed by atoms with Gasteiger partial charge in [-0.2, -0.15) is 0 Å². The molecule has 0 aliphatic carbocycles. The molecule has 3 rings (SSSR count). The summed E-state index contributed by atoms with van der Waals surface area (Å²) in [6.45, 7) is 1.47. The van der Waals surface area contributed by atoms with Gasteiger partial charge in [-0.15, -0.1) is 0 Å². The second-order valence-corrected chi connectivity index (χ2v) is 4.66. The fraction of sp³-hybridized carbons (Fsp3) is 0.0588. The molecule has 0 saturated heterocycles. The van der Waals surface area contributed by atoms with Gasteiger partial charge in [0.25, 0.3) is 0 Å². The lowest BCUT2D eigenvalue weighted by atomic mass is 10.2. The largest absolute Gasteiger partial charge is 0.437 e. The fourth-order valence-corrected chi connectivity index (χ4v) is 2.03. The van der Waals surface area contributed by atoms with Gasteiger partial charge in [0.2, 0.25) is 11.8 Å². The second-order valence-electron chi connectivity index (χ2n) is 4.66. The molecule has 0 aliphatic rings. The number of hydrogen-bond donors (Lipinski definition) is 1. The third-order valence-electron chi connectivity index (χ3n) is 2.94. The van der Waals surface area contributed by atoms with Crippen LogP contribution in [-0.4, -0.2) is 10.9 Å². The lowest BCUT2D eigenvalue weighted by molar-refractivity contribution is -0.114. The van der Waals surface area contributed by atoms with Gasteiger partial charge in [0.1, 0.15) is 5.52 Å². The maximum absolute atomic E-state index is 11.0. The zero-order valence-electron chi connectivity index (χ0n) is 11.5. The van der Waals surface area contributed by atoms with Crippen molar-refractivity contribution in [1.29, 1.82) is 0 Å². The molecule has 1 heterocycles. The molecule has 0 radical (unpaired) electrons. The van der Waals surface area contributed by atoms with Gasteiger partial charge in [0.15, 0.2) is 5.58 Å². The molecule has 1 amide bonds. The van der Waals surface area contributed by atoms with Crippen molar-refractivity contribution in [2.75, 3.05) is 5.32 Å². The number of hydrogen-bond acceptors (Lipinski definition) is 3. The van der Waals surface area contributed by atoms with E-state index in [-0.39, 0.29) is 5.91 Å². The predicted molar refractivity (Wildman–Crippen MR) is 83.7 cm³/mol. The zero-order valence-corrected chi connectivity index (χ0v) is 11.5. The van der Waals surface area contributed by atoms with Crippen LogP contribution in [0.15, 0.2) is 52.9 Å². The van der Waals surface area contributed by atoms with E-state index >= 15 is 0 Å². The van der Waals surface area contributed by atoms with E-state index in [0.717, 1.165) is 5.56 Å². The van der Waals surface area contributed by atoms with Crippen LogP contribution in [0.1, 0.15) is 18.4 Å². The molecular formula is C17H14N2O2. The first-order chi connectivity index (χ1) is 10.2. The van der Waals surface area contributed by atoms with Crippen molar-refractivity contribution in [3.8, 4) is 0 Å². The molecule has 4 nitrogen and oxygen atoms in total. The Balaban J connectivity index is 1.87. The molecule has 0 aliphatic heterocycles. The van der Waals surface area contributed by atoms with Gasteiger partial charge in [0.05, 0.1) is 0 Å². The van der Waals surface area contributed by atoms with Crippen molar-refractivity contribution in [2.24, 2.45) is 0 Å². The minimum absolute atomic E-state index is 0.109. The SMILES string of the molecule is CC(=O)Nc1ccc2oc(/C=C/c3ccccc3)nc2c1.